The third-order valence-electron chi connectivity index (χ3n) is 3.92. The molecule has 0 saturated carbocycles. The first-order chi connectivity index (χ1) is 15.5. The van der Waals surface area contributed by atoms with E-state index in [0.29, 0.717) is 12.1 Å². The lowest BCUT2D eigenvalue weighted by atomic mass is 10.1. The Morgan fingerprint density at radius 1 is 1.09 bits per heavy atom. The molecule has 3 aromatic rings. The molecule has 15 heteroatoms. The van der Waals surface area contributed by atoms with E-state index >= 15 is 0 Å². The Bertz CT molecular complexity index is 1240. The van der Waals surface area contributed by atoms with Crippen molar-refractivity contribution in [1.82, 2.24) is 20.0 Å². The SMILES string of the molecule is N=C/C(C(=O)Nc1cnc(-n2nccn2)c(Cl)c1)=C(\Nc1ccc(F)c(F)c1F)C(F)(F)F. The van der Waals surface area contributed by atoms with Crippen LogP contribution in [0.3, 0.4) is 0 Å². The topological polar surface area (TPSA) is 109 Å². The quantitative estimate of drug-likeness (QED) is 0.208. The molecule has 3 rings (SSSR count). The number of alkyl halides is 3. The van der Waals surface area contributed by atoms with Gasteiger partial charge in [-0.15, -0.1) is 4.80 Å². The Hall–Kier alpha value is -3.94. The van der Waals surface area contributed by atoms with Gasteiger partial charge in [0, 0.05) is 6.21 Å². The Balaban J connectivity index is 1.95. The molecule has 1 aromatic carbocycles. The number of pyridine rings is 1. The number of nitrogens with zero attached hydrogens (tertiary/aromatic N) is 4. The summed E-state index contributed by atoms with van der Waals surface area (Å²) in [6, 6.07) is 2.04. The van der Waals surface area contributed by atoms with E-state index < -0.39 is 46.5 Å². The number of benzene rings is 1. The lowest BCUT2D eigenvalue weighted by Crippen LogP contribution is -2.28. The minimum Gasteiger partial charge on any atom is -0.348 e. The zero-order chi connectivity index (χ0) is 24.3. The number of amides is 1. The van der Waals surface area contributed by atoms with E-state index in [-0.39, 0.29) is 22.7 Å². The molecule has 2 aromatic heterocycles. The van der Waals surface area contributed by atoms with E-state index in [4.69, 9.17) is 17.0 Å². The van der Waals surface area contributed by atoms with Crippen LogP contribution in [0.1, 0.15) is 0 Å². The highest BCUT2D eigenvalue weighted by atomic mass is 35.5. The first-order valence-electron chi connectivity index (χ1n) is 8.59. The fraction of sp³-hybridized carbons (Fsp3) is 0.0556. The second kappa shape index (κ2) is 9.28. The van der Waals surface area contributed by atoms with Gasteiger partial charge in [0.1, 0.15) is 5.70 Å². The third kappa shape index (κ3) is 5.11. The third-order valence-corrected chi connectivity index (χ3v) is 4.20. The minimum atomic E-state index is -5.31. The molecule has 2 heterocycles. The molecule has 3 N–H and O–H groups in total. The summed E-state index contributed by atoms with van der Waals surface area (Å²) in [6.45, 7) is 0. The second-order valence-corrected chi connectivity index (χ2v) is 6.49. The first-order valence-corrected chi connectivity index (χ1v) is 8.96. The number of carbonyl (C=O) groups excluding carboxylic acids is 1. The van der Waals surface area contributed by atoms with Crippen molar-refractivity contribution in [2.75, 3.05) is 10.6 Å². The van der Waals surface area contributed by atoms with Gasteiger partial charge >= 0.3 is 6.18 Å². The monoisotopic (exact) mass is 489 g/mol. The van der Waals surface area contributed by atoms with Crippen LogP contribution < -0.4 is 10.6 Å². The van der Waals surface area contributed by atoms with Crippen LogP contribution in [0.15, 0.2) is 48.1 Å². The van der Waals surface area contributed by atoms with Crippen molar-refractivity contribution >= 4 is 35.1 Å². The van der Waals surface area contributed by atoms with Crippen molar-refractivity contribution in [3.63, 3.8) is 0 Å². The number of carbonyl (C=O) groups is 1. The highest BCUT2D eigenvalue weighted by Crippen LogP contribution is 2.31. The van der Waals surface area contributed by atoms with Crippen LogP contribution in [0, 0.1) is 22.9 Å². The predicted octanol–water partition coefficient (Wildman–Crippen LogP) is 4.25. The number of anilines is 2. The van der Waals surface area contributed by atoms with E-state index in [2.05, 4.69) is 20.5 Å². The van der Waals surface area contributed by atoms with E-state index in [1.54, 1.807) is 0 Å². The summed E-state index contributed by atoms with van der Waals surface area (Å²) in [5.74, 6) is -6.97. The second-order valence-electron chi connectivity index (χ2n) is 6.08. The van der Waals surface area contributed by atoms with E-state index in [9.17, 15) is 31.1 Å². The van der Waals surface area contributed by atoms with E-state index in [1.807, 2.05) is 0 Å². The van der Waals surface area contributed by atoms with Gasteiger partial charge in [0.2, 0.25) is 0 Å². The minimum absolute atomic E-state index is 0.0556. The number of aromatic nitrogens is 4. The van der Waals surface area contributed by atoms with Gasteiger partial charge in [0.05, 0.1) is 40.6 Å². The lowest BCUT2D eigenvalue weighted by molar-refractivity contribution is -0.114. The summed E-state index contributed by atoms with van der Waals surface area (Å²) < 4.78 is 81.1. The normalized spacial score (nSPS) is 12.2. The molecular weight excluding hydrogens is 480 g/mol. The molecule has 0 aliphatic carbocycles. The molecule has 1 amide bonds. The smallest absolute Gasteiger partial charge is 0.348 e. The fourth-order valence-corrected chi connectivity index (χ4v) is 2.71. The molecule has 0 bridgehead atoms. The number of nitrogens with one attached hydrogen (secondary N) is 3. The standard InChI is InChI=1S/C18H10ClF6N7O/c19-10-5-8(7-27-16(10)32-28-3-4-29-32)30-17(33)9(6-26)15(18(23,24)25)31-12-2-1-11(20)13(21)14(12)22/h1-7,26,31H,(H,30,33)/b15-9+,26-6?. The van der Waals surface area contributed by atoms with Gasteiger partial charge in [-0.25, -0.2) is 18.2 Å². The molecule has 33 heavy (non-hydrogen) atoms. The van der Waals surface area contributed by atoms with Gasteiger partial charge < -0.3 is 16.0 Å². The molecule has 0 spiro atoms. The van der Waals surface area contributed by atoms with Crippen molar-refractivity contribution in [1.29, 1.82) is 5.41 Å². The number of rotatable bonds is 6. The number of halogens is 7. The van der Waals surface area contributed by atoms with Crippen molar-refractivity contribution < 1.29 is 31.1 Å². The summed E-state index contributed by atoms with van der Waals surface area (Å²) in [5, 5.41) is 18.4. The number of hydrogen-bond donors (Lipinski definition) is 3. The Labute approximate surface area is 185 Å². The van der Waals surface area contributed by atoms with Crippen molar-refractivity contribution in [3.05, 3.63) is 70.5 Å². The maximum Gasteiger partial charge on any atom is 0.432 e. The molecule has 0 unspecified atom stereocenters. The van der Waals surface area contributed by atoms with Crippen LogP contribution in [0.2, 0.25) is 5.02 Å². The zero-order valence-electron chi connectivity index (χ0n) is 15.9. The Morgan fingerprint density at radius 3 is 2.33 bits per heavy atom. The Kier molecular flexibility index (Phi) is 6.67. The zero-order valence-corrected chi connectivity index (χ0v) is 16.6. The van der Waals surface area contributed by atoms with Crippen molar-refractivity contribution in [3.8, 4) is 5.82 Å². The maximum absolute atomic E-state index is 13.9. The van der Waals surface area contributed by atoms with Gasteiger partial charge in [0.25, 0.3) is 5.91 Å². The molecular formula is C18H10ClF6N7O. The summed E-state index contributed by atoms with van der Waals surface area (Å²) in [7, 11) is 0. The fourth-order valence-electron chi connectivity index (χ4n) is 2.47. The van der Waals surface area contributed by atoms with Crippen LogP contribution in [0.25, 0.3) is 5.82 Å². The average Bonchev–Trinajstić information content (AvgIpc) is 3.27. The predicted molar refractivity (Wildman–Crippen MR) is 105 cm³/mol. The maximum atomic E-state index is 13.9. The van der Waals surface area contributed by atoms with Gasteiger partial charge in [-0.3, -0.25) is 4.79 Å². The highest BCUT2D eigenvalue weighted by molar-refractivity contribution is 6.32. The van der Waals surface area contributed by atoms with Crippen LogP contribution in [0.5, 0.6) is 0 Å². The summed E-state index contributed by atoms with van der Waals surface area (Å²) >= 11 is 6.03. The summed E-state index contributed by atoms with van der Waals surface area (Å²) in [5.41, 5.74) is -4.44. The molecule has 8 nitrogen and oxygen atoms in total. The van der Waals surface area contributed by atoms with E-state index in [0.717, 1.165) is 17.1 Å². The van der Waals surface area contributed by atoms with Crippen LogP contribution >= 0.6 is 11.6 Å². The van der Waals surface area contributed by atoms with Gasteiger partial charge in [-0.2, -0.15) is 23.4 Å². The molecule has 172 valence electrons. The summed E-state index contributed by atoms with van der Waals surface area (Å²) in [6.07, 6.45) is -1.53. The molecule has 0 fully saturated rings. The van der Waals surface area contributed by atoms with Gasteiger partial charge in [-0.05, 0) is 18.2 Å². The van der Waals surface area contributed by atoms with Gasteiger partial charge in [-0.1, -0.05) is 11.6 Å². The number of hydrogen-bond acceptors (Lipinski definition) is 6. The van der Waals surface area contributed by atoms with E-state index in [1.165, 1.54) is 17.7 Å². The lowest BCUT2D eigenvalue weighted by Gasteiger charge is -2.18. The summed E-state index contributed by atoms with van der Waals surface area (Å²) in [4.78, 5) is 17.4. The first kappa shape index (κ1) is 23.7. The molecule has 0 radical (unpaired) electrons. The Morgan fingerprint density at radius 2 is 1.76 bits per heavy atom. The molecule has 0 atom stereocenters. The largest absolute Gasteiger partial charge is 0.432 e. The average molecular weight is 490 g/mol. The van der Waals surface area contributed by atoms with Crippen LogP contribution in [-0.4, -0.2) is 38.3 Å². The molecule has 0 saturated heterocycles. The molecule has 0 aliphatic heterocycles. The molecule has 0 aliphatic rings. The van der Waals surface area contributed by atoms with Crippen molar-refractivity contribution in [2.45, 2.75) is 6.18 Å². The van der Waals surface area contributed by atoms with Crippen molar-refractivity contribution in [2.24, 2.45) is 0 Å². The highest BCUT2D eigenvalue weighted by Gasteiger charge is 2.39. The number of allylic oxidation sites excluding steroid dienone is 1. The van der Waals surface area contributed by atoms with Crippen LogP contribution in [-0.2, 0) is 4.79 Å². The van der Waals surface area contributed by atoms with Crippen LogP contribution in [0.4, 0.5) is 37.7 Å². The van der Waals surface area contributed by atoms with Gasteiger partial charge in [0.15, 0.2) is 23.3 Å².